The molecule has 0 fully saturated rings. The fraction of sp³-hybridized carbons (Fsp3) is 0.136. The van der Waals surface area contributed by atoms with Crippen LogP contribution in [0, 0.1) is 0 Å². The molecule has 29 heavy (non-hydrogen) atoms. The lowest BCUT2D eigenvalue weighted by molar-refractivity contribution is 0.102. The zero-order valence-electron chi connectivity index (χ0n) is 15.8. The number of nitrogens with one attached hydrogen (secondary N) is 2. The third-order valence-electron chi connectivity index (χ3n) is 4.18. The van der Waals surface area contributed by atoms with Crippen molar-refractivity contribution in [3.8, 4) is 0 Å². The number of nitrogen functional groups attached to an aromatic ring is 1. The Bertz CT molecular complexity index is 959. The van der Waals surface area contributed by atoms with Gasteiger partial charge in [0.25, 0.3) is 5.91 Å². The van der Waals surface area contributed by atoms with Gasteiger partial charge in [-0.05, 0) is 42.0 Å². The van der Waals surface area contributed by atoms with Crippen molar-refractivity contribution in [3.05, 3.63) is 89.7 Å². The Morgan fingerprint density at radius 1 is 0.966 bits per heavy atom. The highest BCUT2D eigenvalue weighted by atomic mass is 16.5. The first-order valence-electron chi connectivity index (χ1n) is 9.17. The van der Waals surface area contributed by atoms with Gasteiger partial charge in [-0.25, -0.2) is 4.79 Å². The van der Waals surface area contributed by atoms with Crippen LogP contribution in [0.3, 0.4) is 0 Å². The first kappa shape index (κ1) is 19.9. The van der Waals surface area contributed by atoms with Crippen molar-refractivity contribution in [1.29, 1.82) is 0 Å². The number of aromatic nitrogens is 1. The molecule has 148 valence electrons. The lowest BCUT2D eigenvalue weighted by atomic mass is 10.1. The summed E-state index contributed by atoms with van der Waals surface area (Å²) in [6.45, 7) is 0.556. The fourth-order valence-corrected chi connectivity index (χ4v) is 2.60. The van der Waals surface area contributed by atoms with Crippen molar-refractivity contribution < 1.29 is 14.3 Å². The van der Waals surface area contributed by atoms with E-state index in [1.54, 1.807) is 54.7 Å². The Labute approximate surface area is 168 Å². The first-order chi connectivity index (χ1) is 14.1. The molecule has 0 radical (unpaired) electrons. The van der Waals surface area contributed by atoms with Gasteiger partial charge in [-0.3, -0.25) is 9.78 Å². The standard InChI is InChI=1S/C22H22N4O3/c23-19-6-1-2-7-20(19)26-21(27)17-10-8-16(9-11-17)15-25-22(28)29-14-12-18-5-3-4-13-24-18/h1-11,13H,12,14-15,23H2,(H,25,28)(H,26,27). The molecule has 0 saturated carbocycles. The maximum absolute atomic E-state index is 12.3. The van der Waals surface area contributed by atoms with Gasteiger partial charge >= 0.3 is 6.09 Å². The van der Waals surface area contributed by atoms with Gasteiger partial charge in [-0.2, -0.15) is 0 Å². The molecule has 0 aliphatic carbocycles. The Kier molecular flexibility index (Phi) is 6.78. The highest BCUT2D eigenvalue weighted by Gasteiger charge is 2.08. The van der Waals surface area contributed by atoms with Crippen LogP contribution < -0.4 is 16.4 Å². The van der Waals surface area contributed by atoms with Gasteiger partial charge in [-0.1, -0.05) is 30.3 Å². The number of hydrogen-bond donors (Lipinski definition) is 3. The van der Waals surface area contributed by atoms with Crippen molar-refractivity contribution in [2.75, 3.05) is 17.7 Å². The van der Waals surface area contributed by atoms with E-state index in [-0.39, 0.29) is 12.5 Å². The number of para-hydroxylation sites is 2. The quantitative estimate of drug-likeness (QED) is 0.536. The minimum atomic E-state index is -0.498. The largest absolute Gasteiger partial charge is 0.449 e. The van der Waals surface area contributed by atoms with Crippen LogP contribution in [0.5, 0.6) is 0 Å². The average Bonchev–Trinajstić information content (AvgIpc) is 2.75. The number of amides is 2. The lowest BCUT2D eigenvalue weighted by Gasteiger charge is -2.09. The maximum atomic E-state index is 12.3. The summed E-state index contributed by atoms with van der Waals surface area (Å²) in [6.07, 6.45) is 1.76. The Morgan fingerprint density at radius 2 is 1.72 bits per heavy atom. The van der Waals surface area contributed by atoms with E-state index in [1.807, 2.05) is 18.2 Å². The molecule has 1 heterocycles. The van der Waals surface area contributed by atoms with Crippen LogP contribution >= 0.6 is 0 Å². The van der Waals surface area contributed by atoms with Crippen molar-refractivity contribution in [1.82, 2.24) is 10.3 Å². The first-order valence-corrected chi connectivity index (χ1v) is 9.17. The topological polar surface area (TPSA) is 106 Å². The molecule has 1 aromatic heterocycles. The molecule has 0 unspecified atom stereocenters. The number of ether oxygens (including phenoxy) is 1. The highest BCUT2D eigenvalue weighted by Crippen LogP contribution is 2.18. The van der Waals surface area contributed by atoms with Gasteiger partial charge in [0.2, 0.25) is 0 Å². The van der Waals surface area contributed by atoms with E-state index in [2.05, 4.69) is 15.6 Å². The third-order valence-corrected chi connectivity index (χ3v) is 4.18. The van der Waals surface area contributed by atoms with Gasteiger partial charge in [0.15, 0.2) is 0 Å². The minimum absolute atomic E-state index is 0.253. The number of carbonyl (C=O) groups excluding carboxylic acids is 2. The van der Waals surface area contributed by atoms with Crippen LogP contribution in [0.15, 0.2) is 72.9 Å². The molecule has 0 aliphatic heterocycles. The van der Waals surface area contributed by atoms with Crippen molar-refractivity contribution in [3.63, 3.8) is 0 Å². The number of hydrogen-bond acceptors (Lipinski definition) is 5. The molecule has 0 spiro atoms. The molecule has 2 aromatic carbocycles. The minimum Gasteiger partial charge on any atom is -0.449 e. The molecule has 0 atom stereocenters. The summed E-state index contributed by atoms with van der Waals surface area (Å²) in [7, 11) is 0. The molecule has 0 bridgehead atoms. The second-order valence-corrected chi connectivity index (χ2v) is 6.30. The van der Waals surface area contributed by atoms with E-state index >= 15 is 0 Å². The zero-order valence-corrected chi connectivity index (χ0v) is 15.8. The predicted octanol–water partition coefficient (Wildman–Crippen LogP) is 3.39. The van der Waals surface area contributed by atoms with E-state index in [9.17, 15) is 9.59 Å². The second-order valence-electron chi connectivity index (χ2n) is 6.30. The summed E-state index contributed by atoms with van der Waals surface area (Å²) in [5.41, 5.74) is 9.12. The number of alkyl carbamates (subject to hydrolysis) is 1. The summed E-state index contributed by atoms with van der Waals surface area (Å²) in [6, 6.07) is 19.6. The van der Waals surface area contributed by atoms with E-state index in [0.717, 1.165) is 11.3 Å². The van der Waals surface area contributed by atoms with Crippen molar-refractivity contribution >= 4 is 23.4 Å². The summed E-state index contributed by atoms with van der Waals surface area (Å²) in [5.74, 6) is -0.253. The lowest BCUT2D eigenvalue weighted by Crippen LogP contribution is -2.24. The number of nitrogens with two attached hydrogens (primary N) is 1. The van der Waals surface area contributed by atoms with Gasteiger partial charge < -0.3 is 21.1 Å². The number of pyridine rings is 1. The van der Waals surface area contributed by atoms with Crippen molar-refractivity contribution in [2.45, 2.75) is 13.0 Å². The molecule has 0 aliphatic rings. The summed E-state index contributed by atoms with van der Waals surface area (Å²) < 4.78 is 5.14. The van der Waals surface area contributed by atoms with Gasteiger partial charge in [0.05, 0.1) is 18.0 Å². The molecular formula is C22H22N4O3. The summed E-state index contributed by atoms with van der Waals surface area (Å²) in [5, 5.41) is 5.46. The van der Waals surface area contributed by atoms with E-state index in [1.165, 1.54) is 0 Å². The number of nitrogens with zero attached hydrogens (tertiary/aromatic N) is 1. The number of carbonyl (C=O) groups is 2. The molecule has 0 saturated heterocycles. The molecule has 7 nitrogen and oxygen atoms in total. The number of rotatable bonds is 7. The Balaban J connectivity index is 1.43. The second kappa shape index (κ2) is 9.89. The van der Waals surface area contributed by atoms with Crippen LogP contribution in [0.1, 0.15) is 21.6 Å². The van der Waals surface area contributed by atoms with E-state index in [4.69, 9.17) is 10.5 Å². The number of benzene rings is 2. The predicted molar refractivity (Wildman–Crippen MR) is 111 cm³/mol. The molecule has 7 heteroatoms. The molecule has 2 amide bonds. The highest BCUT2D eigenvalue weighted by molar-refractivity contribution is 6.05. The monoisotopic (exact) mass is 390 g/mol. The SMILES string of the molecule is Nc1ccccc1NC(=O)c1ccc(CNC(=O)OCCc2ccccn2)cc1. The fourth-order valence-electron chi connectivity index (χ4n) is 2.60. The van der Waals surface area contributed by atoms with Crippen LogP contribution in [0.25, 0.3) is 0 Å². The molecule has 3 aromatic rings. The third kappa shape index (κ3) is 6.07. The van der Waals surface area contributed by atoms with Crippen LogP contribution in [0.2, 0.25) is 0 Å². The maximum Gasteiger partial charge on any atom is 0.407 e. The van der Waals surface area contributed by atoms with Crippen molar-refractivity contribution in [2.24, 2.45) is 0 Å². The summed E-state index contributed by atoms with van der Waals surface area (Å²) >= 11 is 0. The smallest absolute Gasteiger partial charge is 0.407 e. The van der Waals surface area contributed by atoms with Crippen LogP contribution in [-0.2, 0) is 17.7 Å². The van der Waals surface area contributed by atoms with E-state index in [0.29, 0.717) is 29.9 Å². The Hall–Kier alpha value is -3.87. The average molecular weight is 390 g/mol. The Morgan fingerprint density at radius 3 is 2.45 bits per heavy atom. The molecular weight excluding hydrogens is 368 g/mol. The number of anilines is 2. The van der Waals surface area contributed by atoms with Crippen LogP contribution in [-0.4, -0.2) is 23.6 Å². The summed E-state index contributed by atoms with van der Waals surface area (Å²) in [4.78, 5) is 28.3. The van der Waals surface area contributed by atoms with Gasteiger partial charge in [0.1, 0.15) is 0 Å². The van der Waals surface area contributed by atoms with Crippen LogP contribution in [0.4, 0.5) is 16.2 Å². The molecule has 4 N–H and O–H groups in total. The normalized spacial score (nSPS) is 10.2. The van der Waals surface area contributed by atoms with Gasteiger partial charge in [0, 0.05) is 30.4 Å². The van der Waals surface area contributed by atoms with E-state index < -0.39 is 6.09 Å². The molecule has 3 rings (SSSR count). The zero-order chi connectivity index (χ0) is 20.5. The van der Waals surface area contributed by atoms with Gasteiger partial charge in [-0.15, -0.1) is 0 Å².